The third-order valence-electron chi connectivity index (χ3n) is 5.16. The highest BCUT2D eigenvalue weighted by molar-refractivity contribution is 5.73. The van der Waals surface area contributed by atoms with Gasteiger partial charge in [-0.15, -0.1) is 0 Å². The van der Waals surface area contributed by atoms with E-state index in [9.17, 15) is 18.0 Å². The molecule has 0 spiro atoms. The Balaban J connectivity index is 2.17. The molecule has 6 nitrogen and oxygen atoms in total. The number of nitrogens with zero attached hydrogens (tertiary/aromatic N) is 4. The number of alkyl halides is 3. The van der Waals surface area contributed by atoms with Gasteiger partial charge >= 0.3 is 6.18 Å². The fourth-order valence-electron chi connectivity index (χ4n) is 3.83. The van der Waals surface area contributed by atoms with Crippen LogP contribution in [0.5, 0.6) is 0 Å². The molecule has 2 aromatic heterocycles. The first-order valence-electron chi connectivity index (χ1n) is 9.72. The lowest BCUT2D eigenvalue weighted by atomic mass is 10.1. The van der Waals surface area contributed by atoms with Crippen molar-refractivity contribution in [3.05, 3.63) is 34.0 Å². The van der Waals surface area contributed by atoms with Crippen LogP contribution in [0.3, 0.4) is 0 Å². The van der Waals surface area contributed by atoms with Gasteiger partial charge in [-0.3, -0.25) is 14.3 Å². The van der Waals surface area contributed by atoms with E-state index < -0.39 is 11.9 Å². The van der Waals surface area contributed by atoms with Gasteiger partial charge in [0.2, 0.25) is 0 Å². The summed E-state index contributed by atoms with van der Waals surface area (Å²) >= 11 is 0. The molecule has 0 amide bonds. The molecule has 3 heterocycles. The van der Waals surface area contributed by atoms with Crippen LogP contribution in [-0.4, -0.2) is 45.1 Å². The van der Waals surface area contributed by atoms with Gasteiger partial charge < -0.3 is 5.32 Å². The van der Waals surface area contributed by atoms with Crippen molar-refractivity contribution < 1.29 is 13.2 Å². The minimum atomic E-state index is -4.58. The predicted octanol–water partition coefficient (Wildman–Crippen LogP) is 2.97. The monoisotopic (exact) mass is 397 g/mol. The van der Waals surface area contributed by atoms with E-state index in [2.05, 4.69) is 27.1 Å². The average Bonchev–Trinajstić information content (AvgIpc) is 2.65. The topological polar surface area (TPSA) is 63.1 Å². The summed E-state index contributed by atoms with van der Waals surface area (Å²) in [7, 11) is 0. The molecule has 1 N–H and O–H groups in total. The van der Waals surface area contributed by atoms with Crippen molar-refractivity contribution in [2.45, 2.75) is 58.4 Å². The maximum absolute atomic E-state index is 13.1. The van der Waals surface area contributed by atoms with Gasteiger partial charge in [-0.2, -0.15) is 13.2 Å². The Labute approximate surface area is 161 Å². The Morgan fingerprint density at radius 2 is 2.04 bits per heavy atom. The second kappa shape index (κ2) is 8.16. The molecular formula is C19H26F3N5O. The summed E-state index contributed by atoms with van der Waals surface area (Å²) in [5, 5.41) is 3.50. The van der Waals surface area contributed by atoms with E-state index in [-0.39, 0.29) is 22.6 Å². The molecule has 1 aliphatic rings. The van der Waals surface area contributed by atoms with Crippen LogP contribution < -0.4 is 10.9 Å². The van der Waals surface area contributed by atoms with Gasteiger partial charge in [-0.05, 0) is 32.4 Å². The predicted molar refractivity (Wildman–Crippen MR) is 101 cm³/mol. The lowest BCUT2D eigenvalue weighted by molar-refractivity contribution is -0.141. The number of hydrogen-bond donors (Lipinski definition) is 1. The van der Waals surface area contributed by atoms with Crippen molar-refractivity contribution in [1.82, 2.24) is 24.8 Å². The van der Waals surface area contributed by atoms with Crippen LogP contribution in [0, 0.1) is 0 Å². The number of aromatic nitrogens is 3. The van der Waals surface area contributed by atoms with Gasteiger partial charge in [-0.1, -0.05) is 13.3 Å². The molecule has 0 saturated carbocycles. The van der Waals surface area contributed by atoms with Gasteiger partial charge in [-0.25, -0.2) is 9.97 Å². The number of fused-ring (bicyclic) bond motifs is 1. The Morgan fingerprint density at radius 3 is 2.64 bits per heavy atom. The van der Waals surface area contributed by atoms with Crippen LogP contribution >= 0.6 is 0 Å². The lowest BCUT2D eigenvalue weighted by Gasteiger charge is -2.38. The first-order chi connectivity index (χ1) is 13.3. The highest BCUT2D eigenvalue weighted by atomic mass is 19.4. The molecule has 1 aliphatic heterocycles. The normalized spacial score (nSPS) is 19.9. The van der Waals surface area contributed by atoms with Gasteiger partial charge in [0.25, 0.3) is 5.56 Å². The van der Waals surface area contributed by atoms with E-state index in [1.54, 1.807) is 4.57 Å². The van der Waals surface area contributed by atoms with E-state index in [1.807, 2.05) is 13.8 Å². The van der Waals surface area contributed by atoms with Gasteiger partial charge in [0.1, 0.15) is 11.5 Å². The molecule has 0 bridgehead atoms. The molecule has 2 aromatic rings. The van der Waals surface area contributed by atoms with E-state index in [0.717, 1.165) is 38.5 Å². The maximum atomic E-state index is 13.1. The molecule has 1 fully saturated rings. The average molecular weight is 397 g/mol. The number of nitrogens with one attached hydrogen (secondary N) is 1. The highest BCUT2D eigenvalue weighted by Crippen LogP contribution is 2.29. The van der Waals surface area contributed by atoms with Crippen molar-refractivity contribution in [3.63, 3.8) is 0 Å². The fraction of sp³-hybridized carbons (Fsp3) is 0.632. The Morgan fingerprint density at radius 1 is 1.29 bits per heavy atom. The van der Waals surface area contributed by atoms with Crippen LogP contribution in [0.2, 0.25) is 0 Å². The van der Waals surface area contributed by atoms with E-state index >= 15 is 0 Å². The molecule has 0 radical (unpaired) electrons. The second-order valence-electron chi connectivity index (χ2n) is 7.24. The van der Waals surface area contributed by atoms with Gasteiger partial charge in [0.05, 0.1) is 11.4 Å². The zero-order chi connectivity index (χ0) is 20.5. The zero-order valence-electron chi connectivity index (χ0n) is 16.4. The second-order valence-corrected chi connectivity index (χ2v) is 7.24. The first-order valence-corrected chi connectivity index (χ1v) is 9.72. The Hall–Kier alpha value is -2.00. The minimum Gasteiger partial charge on any atom is -0.312 e. The number of piperazine rings is 1. The molecule has 0 aromatic carbocycles. The number of rotatable bonds is 5. The van der Waals surface area contributed by atoms with Crippen molar-refractivity contribution in [1.29, 1.82) is 0 Å². The lowest BCUT2D eigenvalue weighted by Crippen LogP contribution is -2.51. The van der Waals surface area contributed by atoms with Crippen LogP contribution in [0.25, 0.3) is 11.0 Å². The van der Waals surface area contributed by atoms with E-state index in [4.69, 9.17) is 0 Å². The fourth-order valence-corrected chi connectivity index (χ4v) is 3.83. The smallest absolute Gasteiger partial charge is 0.312 e. The molecule has 1 saturated heterocycles. The van der Waals surface area contributed by atoms with Gasteiger partial charge in [0.15, 0.2) is 5.65 Å². The summed E-state index contributed by atoms with van der Waals surface area (Å²) < 4.78 is 40.8. The molecule has 2 atom stereocenters. The minimum absolute atomic E-state index is 0.113. The van der Waals surface area contributed by atoms with Crippen molar-refractivity contribution in [2.75, 3.05) is 19.6 Å². The molecule has 3 rings (SSSR count). The summed E-state index contributed by atoms with van der Waals surface area (Å²) in [6.45, 7) is 8.79. The van der Waals surface area contributed by atoms with Crippen LogP contribution in [-0.2, 0) is 12.7 Å². The zero-order valence-corrected chi connectivity index (χ0v) is 16.4. The highest BCUT2D eigenvalue weighted by Gasteiger charge is 2.34. The van der Waals surface area contributed by atoms with Crippen molar-refractivity contribution >= 4 is 11.0 Å². The summed E-state index contributed by atoms with van der Waals surface area (Å²) in [6.07, 6.45) is -2.94. The first kappa shape index (κ1) is 20.7. The van der Waals surface area contributed by atoms with E-state index in [0.29, 0.717) is 18.4 Å². The summed E-state index contributed by atoms with van der Waals surface area (Å²) in [5.41, 5.74) is -1.51. The van der Waals surface area contributed by atoms with Crippen LogP contribution in [0.15, 0.2) is 16.9 Å². The van der Waals surface area contributed by atoms with Gasteiger partial charge in [0, 0.05) is 32.2 Å². The summed E-state index contributed by atoms with van der Waals surface area (Å²) in [4.78, 5) is 23.4. The molecule has 28 heavy (non-hydrogen) atoms. The third-order valence-corrected chi connectivity index (χ3v) is 5.16. The van der Waals surface area contributed by atoms with Crippen LogP contribution in [0.4, 0.5) is 13.2 Å². The third kappa shape index (κ3) is 4.05. The number of hydrogen-bond acceptors (Lipinski definition) is 5. The van der Waals surface area contributed by atoms with Crippen molar-refractivity contribution in [3.8, 4) is 0 Å². The molecule has 0 unspecified atom stereocenters. The van der Waals surface area contributed by atoms with Crippen LogP contribution in [0.1, 0.15) is 51.2 Å². The van der Waals surface area contributed by atoms with E-state index in [1.165, 1.54) is 6.07 Å². The molecule has 154 valence electrons. The SMILES string of the molecule is CCC[C@@H](c1nc2nc(C(F)(F)F)ccc2c(=O)n1CC)N1CCN[C@@H](C)C1. The number of halogens is 3. The summed E-state index contributed by atoms with van der Waals surface area (Å²) in [5.74, 6) is 0.503. The molecular weight excluding hydrogens is 371 g/mol. The maximum Gasteiger partial charge on any atom is 0.433 e. The quantitative estimate of drug-likeness (QED) is 0.841. The molecule has 0 aliphatic carbocycles. The number of pyridine rings is 1. The summed E-state index contributed by atoms with van der Waals surface area (Å²) in [6, 6.07) is 2.18. The Kier molecular flexibility index (Phi) is 6.04. The molecule has 9 heteroatoms. The largest absolute Gasteiger partial charge is 0.433 e. The van der Waals surface area contributed by atoms with Crippen molar-refractivity contribution in [2.24, 2.45) is 0 Å². The standard InChI is InChI=1S/C19H26F3N5O/c1-4-6-14(26-10-9-23-12(3)11-26)17-25-16-13(18(28)27(17)5-2)7-8-15(24-16)19(20,21)22/h7-8,12,14,23H,4-6,9-11H2,1-3H3/t12-,14-/m0/s1. The Bertz CT molecular complexity index is 895.